The lowest BCUT2D eigenvalue weighted by Gasteiger charge is -2.23. The lowest BCUT2D eigenvalue weighted by Crippen LogP contribution is -2.37. The maximum Gasteiger partial charge on any atom is 0.272 e. The number of non-ortho nitro benzene ring substituents is 1. The molecule has 5 rings (SSSR count). The smallest absolute Gasteiger partial charge is 0.272 e. The van der Waals surface area contributed by atoms with E-state index in [9.17, 15) is 23.3 Å². The van der Waals surface area contributed by atoms with Crippen LogP contribution in [0, 0.1) is 10.1 Å². The third kappa shape index (κ3) is 4.17. The Morgan fingerprint density at radius 3 is 2.49 bits per heavy atom. The number of furan rings is 1. The molecular formula is C25H19ClN2O6S. The average molecular weight is 511 g/mol. The minimum absolute atomic E-state index is 0.109. The predicted molar refractivity (Wildman–Crippen MR) is 131 cm³/mol. The highest BCUT2D eigenvalue weighted by molar-refractivity contribution is 7.93. The zero-order valence-electron chi connectivity index (χ0n) is 18.3. The standard InChI is InChI=1S/C25H19ClN2O6S/c26-17-8-11-20(12-9-17)35(32,33)27(25(29)16-4-3-5-19(14-16)28(30)31)18-10-13-24-22(15-18)21-6-1-2-7-23(21)34-24/h3-5,8-15H,1-2,6-7H2. The van der Waals surface area contributed by atoms with Crippen LogP contribution in [0.2, 0.25) is 5.02 Å². The molecular weight excluding hydrogens is 492 g/mol. The fraction of sp³-hybridized carbons (Fsp3) is 0.160. The van der Waals surface area contributed by atoms with Crippen LogP contribution in [0.3, 0.4) is 0 Å². The molecule has 178 valence electrons. The van der Waals surface area contributed by atoms with Crippen molar-refractivity contribution in [1.29, 1.82) is 0 Å². The van der Waals surface area contributed by atoms with E-state index in [0.717, 1.165) is 48.5 Å². The third-order valence-electron chi connectivity index (χ3n) is 6.01. The van der Waals surface area contributed by atoms with E-state index in [1.165, 1.54) is 48.5 Å². The van der Waals surface area contributed by atoms with Crippen LogP contribution in [0.5, 0.6) is 0 Å². The molecule has 0 spiro atoms. The van der Waals surface area contributed by atoms with Crippen molar-refractivity contribution in [3.05, 3.63) is 98.8 Å². The van der Waals surface area contributed by atoms with Gasteiger partial charge in [-0.25, -0.2) is 8.42 Å². The Hall–Kier alpha value is -3.69. The molecule has 10 heteroatoms. The molecule has 1 aliphatic carbocycles. The van der Waals surface area contributed by atoms with E-state index >= 15 is 0 Å². The van der Waals surface area contributed by atoms with Gasteiger partial charge in [-0.2, -0.15) is 4.31 Å². The summed E-state index contributed by atoms with van der Waals surface area (Å²) < 4.78 is 34.1. The van der Waals surface area contributed by atoms with Crippen LogP contribution in [0.15, 0.2) is 76.0 Å². The van der Waals surface area contributed by atoms with Crippen molar-refractivity contribution in [3.8, 4) is 0 Å². The van der Waals surface area contributed by atoms with Crippen LogP contribution in [0.1, 0.15) is 34.5 Å². The zero-order chi connectivity index (χ0) is 24.7. The fourth-order valence-electron chi connectivity index (χ4n) is 4.32. The summed E-state index contributed by atoms with van der Waals surface area (Å²) in [4.78, 5) is 24.1. The van der Waals surface area contributed by atoms with E-state index in [1.807, 2.05) is 0 Å². The van der Waals surface area contributed by atoms with Crippen molar-refractivity contribution in [2.75, 3.05) is 4.31 Å². The Kier molecular flexibility index (Phi) is 5.82. The van der Waals surface area contributed by atoms with Crippen LogP contribution < -0.4 is 4.31 Å². The molecule has 0 bridgehead atoms. The van der Waals surface area contributed by atoms with Gasteiger partial charge in [-0.05, 0) is 67.8 Å². The number of hydrogen-bond acceptors (Lipinski definition) is 6. The minimum atomic E-state index is -4.40. The van der Waals surface area contributed by atoms with Gasteiger partial charge in [0.1, 0.15) is 11.3 Å². The summed E-state index contributed by atoms with van der Waals surface area (Å²) in [6, 6.07) is 15.2. The number of fused-ring (bicyclic) bond motifs is 3. The van der Waals surface area contributed by atoms with Crippen molar-refractivity contribution in [1.82, 2.24) is 0 Å². The van der Waals surface area contributed by atoms with E-state index in [2.05, 4.69) is 0 Å². The summed E-state index contributed by atoms with van der Waals surface area (Å²) in [6.45, 7) is 0. The third-order valence-corrected chi connectivity index (χ3v) is 7.99. The van der Waals surface area contributed by atoms with Gasteiger partial charge in [0.25, 0.3) is 21.6 Å². The number of carbonyl (C=O) groups excluding carboxylic acids is 1. The van der Waals surface area contributed by atoms with Crippen molar-refractivity contribution < 1.29 is 22.6 Å². The molecule has 1 amide bonds. The number of anilines is 1. The van der Waals surface area contributed by atoms with Gasteiger partial charge in [0.15, 0.2) is 0 Å². The van der Waals surface area contributed by atoms with E-state index in [-0.39, 0.29) is 21.8 Å². The number of rotatable bonds is 5. The number of nitro groups is 1. The van der Waals surface area contributed by atoms with E-state index in [4.69, 9.17) is 16.0 Å². The number of carbonyl (C=O) groups is 1. The van der Waals surface area contributed by atoms with Crippen molar-refractivity contribution >= 4 is 49.9 Å². The summed E-state index contributed by atoms with van der Waals surface area (Å²) in [7, 11) is -4.40. The van der Waals surface area contributed by atoms with Crippen LogP contribution in [0.4, 0.5) is 11.4 Å². The second-order valence-electron chi connectivity index (χ2n) is 8.23. The molecule has 1 heterocycles. The molecule has 8 nitrogen and oxygen atoms in total. The molecule has 0 radical (unpaired) electrons. The maximum atomic E-state index is 13.7. The van der Waals surface area contributed by atoms with Gasteiger partial charge in [-0.3, -0.25) is 14.9 Å². The number of sulfonamides is 1. The monoisotopic (exact) mass is 510 g/mol. The Morgan fingerprint density at radius 1 is 1.00 bits per heavy atom. The number of nitrogens with zero attached hydrogens (tertiary/aromatic N) is 2. The number of hydrogen-bond donors (Lipinski definition) is 0. The second kappa shape index (κ2) is 8.83. The molecule has 1 aliphatic rings. The number of benzene rings is 3. The summed E-state index contributed by atoms with van der Waals surface area (Å²) in [5.41, 5.74) is 1.29. The number of amides is 1. The molecule has 0 N–H and O–H groups in total. The molecule has 1 aromatic heterocycles. The first kappa shape index (κ1) is 23.1. The SMILES string of the molecule is O=C(c1cccc([N+](=O)[O-])c1)N(c1ccc2oc3c(c2c1)CCCC3)S(=O)(=O)c1ccc(Cl)cc1. The first-order valence-electron chi connectivity index (χ1n) is 10.9. The Bertz CT molecular complexity index is 1580. The molecule has 4 aromatic rings. The van der Waals surface area contributed by atoms with Gasteiger partial charge in [-0.15, -0.1) is 0 Å². The van der Waals surface area contributed by atoms with Crippen LogP contribution in [0.25, 0.3) is 11.0 Å². The fourth-order valence-corrected chi connectivity index (χ4v) is 5.86. The van der Waals surface area contributed by atoms with Gasteiger partial charge < -0.3 is 4.42 Å². The molecule has 0 saturated carbocycles. The first-order valence-corrected chi connectivity index (χ1v) is 12.7. The summed E-state index contributed by atoms with van der Waals surface area (Å²) in [5, 5.41) is 12.3. The highest BCUT2D eigenvalue weighted by Crippen LogP contribution is 2.36. The summed E-state index contributed by atoms with van der Waals surface area (Å²) in [6.07, 6.45) is 3.61. The van der Waals surface area contributed by atoms with Crippen LogP contribution in [-0.4, -0.2) is 19.2 Å². The largest absolute Gasteiger partial charge is 0.461 e. The van der Waals surface area contributed by atoms with E-state index < -0.39 is 20.9 Å². The van der Waals surface area contributed by atoms with Crippen molar-refractivity contribution in [2.45, 2.75) is 30.6 Å². The number of nitro benzene ring substituents is 1. The van der Waals surface area contributed by atoms with Crippen LogP contribution >= 0.6 is 11.6 Å². The maximum absolute atomic E-state index is 13.7. The predicted octanol–water partition coefficient (Wildman–Crippen LogP) is 5.91. The van der Waals surface area contributed by atoms with Gasteiger partial charge >= 0.3 is 0 Å². The second-order valence-corrected chi connectivity index (χ2v) is 10.5. The number of aryl methyl sites for hydroxylation is 2. The lowest BCUT2D eigenvalue weighted by atomic mass is 9.96. The minimum Gasteiger partial charge on any atom is -0.461 e. The summed E-state index contributed by atoms with van der Waals surface area (Å²) >= 11 is 5.93. The van der Waals surface area contributed by atoms with Crippen molar-refractivity contribution in [3.63, 3.8) is 0 Å². The Morgan fingerprint density at radius 2 is 1.74 bits per heavy atom. The molecule has 0 fully saturated rings. The quantitative estimate of drug-likeness (QED) is 0.244. The summed E-state index contributed by atoms with van der Waals surface area (Å²) in [5.74, 6) is -0.0409. The average Bonchev–Trinajstić information content (AvgIpc) is 3.22. The zero-order valence-corrected chi connectivity index (χ0v) is 19.9. The Balaban J connectivity index is 1.69. The molecule has 0 aliphatic heterocycles. The van der Waals surface area contributed by atoms with Crippen molar-refractivity contribution in [2.24, 2.45) is 0 Å². The highest BCUT2D eigenvalue weighted by Gasteiger charge is 2.33. The van der Waals surface area contributed by atoms with Gasteiger partial charge in [0, 0.05) is 40.1 Å². The normalized spacial score (nSPS) is 13.4. The van der Waals surface area contributed by atoms with E-state index in [0.29, 0.717) is 14.9 Å². The van der Waals surface area contributed by atoms with Gasteiger partial charge in [0.2, 0.25) is 0 Å². The molecule has 0 saturated heterocycles. The Labute approximate surface area is 205 Å². The molecule has 0 atom stereocenters. The number of halogens is 1. The lowest BCUT2D eigenvalue weighted by molar-refractivity contribution is -0.384. The van der Waals surface area contributed by atoms with Gasteiger partial charge in [0.05, 0.1) is 15.5 Å². The van der Waals surface area contributed by atoms with Crippen LogP contribution in [-0.2, 0) is 22.9 Å². The van der Waals surface area contributed by atoms with E-state index in [1.54, 1.807) is 12.1 Å². The molecule has 3 aromatic carbocycles. The molecule has 0 unspecified atom stereocenters. The van der Waals surface area contributed by atoms with Gasteiger partial charge in [-0.1, -0.05) is 17.7 Å². The topological polar surface area (TPSA) is 111 Å². The highest BCUT2D eigenvalue weighted by atomic mass is 35.5. The first-order chi connectivity index (χ1) is 16.8. The molecule has 35 heavy (non-hydrogen) atoms.